The highest BCUT2D eigenvalue weighted by Gasteiger charge is 2.27. The van der Waals surface area contributed by atoms with Crippen LogP contribution in [0.1, 0.15) is 47.0 Å². The van der Waals surface area contributed by atoms with Gasteiger partial charge < -0.3 is 5.11 Å². The maximum atomic E-state index is 11.9. The average Bonchev–Trinajstić information content (AvgIpc) is 2.15. The quantitative estimate of drug-likeness (QED) is 0.761. The van der Waals surface area contributed by atoms with Crippen molar-refractivity contribution in [2.45, 2.75) is 53.1 Å². The van der Waals surface area contributed by atoms with Gasteiger partial charge in [0.2, 0.25) is 0 Å². The molecule has 1 aliphatic rings. The van der Waals surface area contributed by atoms with E-state index in [4.69, 9.17) is 0 Å². The molecule has 0 fully saturated rings. The first-order valence-electron chi connectivity index (χ1n) is 6.44. The molecule has 17 heavy (non-hydrogen) atoms. The van der Waals surface area contributed by atoms with Crippen molar-refractivity contribution in [3.05, 3.63) is 23.3 Å². The van der Waals surface area contributed by atoms with Gasteiger partial charge in [-0.3, -0.25) is 4.79 Å². The Morgan fingerprint density at radius 3 is 2.76 bits per heavy atom. The van der Waals surface area contributed by atoms with Gasteiger partial charge in [0.05, 0.1) is 6.10 Å². The number of hydrogen-bond acceptors (Lipinski definition) is 2. The number of allylic oxidation sites excluding steroid dienone is 3. The van der Waals surface area contributed by atoms with E-state index in [1.165, 1.54) is 5.57 Å². The molecule has 0 spiro atoms. The topological polar surface area (TPSA) is 37.3 Å². The normalized spacial score (nSPS) is 23.9. The molecular formula is C15H24O2. The van der Waals surface area contributed by atoms with Crippen LogP contribution < -0.4 is 0 Å². The lowest BCUT2D eigenvalue weighted by molar-refractivity contribution is -0.120. The molecular weight excluding hydrogens is 212 g/mol. The standard InChI is InChI=1S/C15H24O2/c1-10(2)7-13(16)9-12(4)14-6-5-11(3)8-15(14)17/h7-8,12-14,16H,5-6,9H2,1-4H3. The Bertz CT molecular complexity index is 335. The molecule has 3 atom stereocenters. The molecule has 0 bridgehead atoms. The van der Waals surface area contributed by atoms with E-state index in [2.05, 4.69) is 6.92 Å². The predicted octanol–water partition coefficient (Wildman–Crippen LogP) is 3.27. The second kappa shape index (κ2) is 6.15. The number of aliphatic hydroxyl groups is 1. The van der Waals surface area contributed by atoms with Crippen LogP contribution in [0.3, 0.4) is 0 Å². The first-order valence-corrected chi connectivity index (χ1v) is 6.44. The predicted molar refractivity (Wildman–Crippen MR) is 70.7 cm³/mol. The van der Waals surface area contributed by atoms with Crippen LogP contribution in [-0.2, 0) is 4.79 Å². The van der Waals surface area contributed by atoms with Crippen LogP contribution in [0.15, 0.2) is 23.3 Å². The summed E-state index contributed by atoms with van der Waals surface area (Å²) in [4.78, 5) is 11.9. The molecule has 0 aromatic carbocycles. The van der Waals surface area contributed by atoms with Gasteiger partial charge in [-0.1, -0.05) is 24.1 Å². The van der Waals surface area contributed by atoms with Gasteiger partial charge in [0, 0.05) is 5.92 Å². The third kappa shape index (κ3) is 4.47. The lowest BCUT2D eigenvalue weighted by atomic mass is 9.78. The lowest BCUT2D eigenvalue weighted by Gasteiger charge is -2.26. The summed E-state index contributed by atoms with van der Waals surface area (Å²) >= 11 is 0. The minimum atomic E-state index is -0.421. The highest BCUT2D eigenvalue weighted by Crippen LogP contribution is 2.29. The van der Waals surface area contributed by atoms with Crippen molar-refractivity contribution in [3.63, 3.8) is 0 Å². The van der Waals surface area contributed by atoms with Crippen LogP contribution in [0.2, 0.25) is 0 Å². The molecule has 1 N–H and O–H groups in total. The summed E-state index contributed by atoms with van der Waals surface area (Å²) in [5.41, 5.74) is 2.30. The highest BCUT2D eigenvalue weighted by molar-refractivity contribution is 5.93. The third-order valence-electron chi connectivity index (χ3n) is 3.43. The summed E-state index contributed by atoms with van der Waals surface area (Å²) in [6.07, 6.45) is 5.84. The van der Waals surface area contributed by atoms with E-state index >= 15 is 0 Å². The lowest BCUT2D eigenvalue weighted by Crippen LogP contribution is -2.26. The van der Waals surface area contributed by atoms with Crippen LogP contribution in [0, 0.1) is 11.8 Å². The zero-order valence-electron chi connectivity index (χ0n) is 11.4. The van der Waals surface area contributed by atoms with Crippen molar-refractivity contribution in [2.75, 3.05) is 0 Å². The van der Waals surface area contributed by atoms with Crippen molar-refractivity contribution in [2.24, 2.45) is 11.8 Å². The SMILES string of the molecule is CC(C)=CC(O)CC(C)C1CCC(C)=CC1=O. The second-order valence-corrected chi connectivity index (χ2v) is 5.56. The van der Waals surface area contributed by atoms with Crippen LogP contribution in [0.5, 0.6) is 0 Å². The van der Waals surface area contributed by atoms with Crippen molar-refractivity contribution >= 4 is 5.78 Å². The van der Waals surface area contributed by atoms with Gasteiger partial charge in [-0.2, -0.15) is 0 Å². The fraction of sp³-hybridized carbons (Fsp3) is 0.667. The Morgan fingerprint density at radius 2 is 2.24 bits per heavy atom. The number of aliphatic hydroxyl groups excluding tert-OH is 1. The first kappa shape index (κ1) is 14.2. The fourth-order valence-electron chi connectivity index (χ4n) is 2.51. The molecule has 0 radical (unpaired) electrons. The van der Waals surface area contributed by atoms with E-state index in [1.807, 2.05) is 26.8 Å². The summed E-state index contributed by atoms with van der Waals surface area (Å²) in [5.74, 6) is 0.585. The van der Waals surface area contributed by atoms with Crippen molar-refractivity contribution in [1.29, 1.82) is 0 Å². The van der Waals surface area contributed by atoms with Gasteiger partial charge in [-0.15, -0.1) is 0 Å². The molecule has 1 aliphatic carbocycles. The smallest absolute Gasteiger partial charge is 0.158 e. The van der Waals surface area contributed by atoms with E-state index in [1.54, 1.807) is 6.08 Å². The summed E-state index contributed by atoms with van der Waals surface area (Å²) in [6, 6.07) is 0. The van der Waals surface area contributed by atoms with Gasteiger partial charge >= 0.3 is 0 Å². The van der Waals surface area contributed by atoms with E-state index in [0.29, 0.717) is 6.42 Å². The molecule has 96 valence electrons. The van der Waals surface area contributed by atoms with Gasteiger partial charge in [0.25, 0.3) is 0 Å². The average molecular weight is 236 g/mol. The molecule has 0 heterocycles. The largest absolute Gasteiger partial charge is 0.389 e. The zero-order valence-corrected chi connectivity index (χ0v) is 11.4. The summed E-state index contributed by atoms with van der Waals surface area (Å²) in [5, 5.41) is 9.86. The van der Waals surface area contributed by atoms with Gasteiger partial charge in [0.1, 0.15) is 0 Å². The van der Waals surface area contributed by atoms with Crippen LogP contribution in [0.25, 0.3) is 0 Å². The van der Waals surface area contributed by atoms with Crippen LogP contribution in [0.4, 0.5) is 0 Å². The number of hydrogen-bond donors (Lipinski definition) is 1. The minimum Gasteiger partial charge on any atom is -0.389 e. The maximum Gasteiger partial charge on any atom is 0.158 e. The molecule has 2 nitrogen and oxygen atoms in total. The van der Waals surface area contributed by atoms with Gasteiger partial charge in [-0.05, 0) is 52.0 Å². The zero-order chi connectivity index (χ0) is 13.0. The Hall–Kier alpha value is -0.890. The molecule has 2 heteroatoms. The Kier molecular flexibility index (Phi) is 5.13. The monoisotopic (exact) mass is 236 g/mol. The van der Waals surface area contributed by atoms with E-state index in [9.17, 15) is 9.90 Å². The van der Waals surface area contributed by atoms with E-state index < -0.39 is 6.10 Å². The number of ketones is 1. The number of carbonyl (C=O) groups is 1. The Labute approximate surface area is 104 Å². The highest BCUT2D eigenvalue weighted by atomic mass is 16.3. The molecule has 3 unspecified atom stereocenters. The number of carbonyl (C=O) groups excluding carboxylic acids is 1. The first-order chi connectivity index (χ1) is 7.90. The molecule has 0 aliphatic heterocycles. The summed E-state index contributed by atoms with van der Waals surface area (Å²) < 4.78 is 0. The third-order valence-corrected chi connectivity index (χ3v) is 3.43. The molecule has 0 amide bonds. The minimum absolute atomic E-state index is 0.0962. The molecule has 0 aromatic heterocycles. The molecule has 1 rings (SSSR count). The van der Waals surface area contributed by atoms with Crippen molar-refractivity contribution < 1.29 is 9.90 Å². The van der Waals surface area contributed by atoms with Crippen LogP contribution in [-0.4, -0.2) is 17.0 Å². The second-order valence-electron chi connectivity index (χ2n) is 5.56. The Balaban J connectivity index is 2.57. The molecule has 0 saturated heterocycles. The number of rotatable bonds is 4. The maximum absolute atomic E-state index is 11.9. The van der Waals surface area contributed by atoms with Gasteiger partial charge in [-0.25, -0.2) is 0 Å². The van der Waals surface area contributed by atoms with Crippen molar-refractivity contribution in [1.82, 2.24) is 0 Å². The Morgan fingerprint density at radius 1 is 1.59 bits per heavy atom. The van der Waals surface area contributed by atoms with Gasteiger partial charge in [0.15, 0.2) is 5.78 Å². The van der Waals surface area contributed by atoms with Crippen molar-refractivity contribution in [3.8, 4) is 0 Å². The van der Waals surface area contributed by atoms with Crippen LogP contribution >= 0.6 is 0 Å². The summed E-state index contributed by atoms with van der Waals surface area (Å²) in [7, 11) is 0. The van der Waals surface area contributed by atoms with E-state index in [-0.39, 0.29) is 17.6 Å². The molecule has 0 aromatic rings. The van der Waals surface area contributed by atoms with E-state index in [0.717, 1.165) is 18.4 Å². The summed E-state index contributed by atoms with van der Waals surface area (Å²) in [6.45, 7) is 8.04. The molecule has 0 saturated carbocycles. The fourth-order valence-corrected chi connectivity index (χ4v) is 2.51.